The van der Waals surface area contributed by atoms with Gasteiger partial charge in [-0.25, -0.2) is 4.79 Å². The number of ether oxygens (including phenoxy) is 1. The Morgan fingerprint density at radius 3 is 2.35 bits per heavy atom. The highest BCUT2D eigenvalue weighted by molar-refractivity contribution is 5.84. The fourth-order valence-corrected chi connectivity index (χ4v) is 3.02. The Morgan fingerprint density at radius 1 is 0.962 bits per heavy atom. The van der Waals surface area contributed by atoms with Gasteiger partial charge in [0.1, 0.15) is 5.75 Å². The fraction of sp³-hybridized carbons (Fsp3) is 0.261. The van der Waals surface area contributed by atoms with Gasteiger partial charge < -0.3 is 9.84 Å². The molecule has 1 unspecified atom stereocenters. The lowest BCUT2D eigenvalue weighted by Gasteiger charge is -2.16. The zero-order valence-electron chi connectivity index (χ0n) is 15.0. The molecular weight excluding hydrogens is 324 g/mol. The third-order valence-corrected chi connectivity index (χ3v) is 4.54. The molecule has 26 heavy (non-hydrogen) atoms. The summed E-state index contributed by atoms with van der Waals surface area (Å²) in [4.78, 5) is 11.7. The van der Waals surface area contributed by atoms with Crippen molar-refractivity contribution in [2.75, 3.05) is 0 Å². The van der Waals surface area contributed by atoms with Gasteiger partial charge in [-0.3, -0.25) is 0 Å². The van der Waals surface area contributed by atoms with E-state index in [-0.39, 0.29) is 0 Å². The molecule has 0 radical (unpaired) electrons. The second-order valence-corrected chi connectivity index (χ2v) is 6.58. The molecular formula is C23H24O3. The van der Waals surface area contributed by atoms with Gasteiger partial charge in [-0.15, -0.1) is 0 Å². The van der Waals surface area contributed by atoms with Crippen molar-refractivity contribution >= 4 is 16.7 Å². The molecule has 3 heteroatoms. The van der Waals surface area contributed by atoms with E-state index in [0.29, 0.717) is 12.2 Å². The van der Waals surface area contributed by atoms with Crippen LogP contribution < -0.4 is 4.74 Å². The molecule has 0 aromatic heterocycles. The molecule has 0 amide bonds. The van der Waals surface area contributed by atoms with Gasteiger partial charge in [-0.2, -0.15) is 0 Å². The number of carboxylic acids is 1. The summed E-state index contributed by atoms with van der Waals surface area (Å²) in [6, 6.07) is 21.8. The third kappa shape index (κ3) is 4.63. The molecule has 3 aromatic rings. The maximum atomic E-state index is 11.7. The summed E-state index contributed by atoms with van der Waals surface area (Å²) >= 11 is 0. The van der Waals surface area contributed by atoms with Crippen molar-refractivity contribution < 1.29 is 14.6 Å². The molecule has 0 aliphatic carbocycles. The van der Waals surface area contributed by atoms with E-state index in [0.717, 1.165) is 22.8 Å². The van der Waals surface area contributed by atoms with Gasteiger partial charge in [-0.05, 0) is 46.9 Å². The second kappa shape index (κ2) is 8.52. The minimum Gasteiger partial charge on any atom is -0.478 e. The molecule has 1 atom stereocenters. The van der Waals surface area contributed by atoms with Crippen molar-refractivity contribution in [3.63, 3.8) is 0 Å². The normalized spacial score (nSPS) is 12.0. The first-order valence-corrected chi connectivity index (χ1v) is 9.12. The summed E-state index contributed by atoms with van der Waals surface area (Å²) in [5.74, 6) is -0.371. The average molecular weight is 348 g/mol. The van der Waals surface area contributed by atoms with Gasteiger partial charge in [0.15, 0.2) is 6.10 Å². The summed E-state index contributed by atoms with van der Waals surface area (Å²) in [7, 11) is 0. The van der Waals surface area contributed by atoms with Crippen molar-refractivity contribution in [2.24, 2.45) is 0 Å². The molecule has 0 saturated heterocycles. The number of carboxylic acid groups (broad SMARTS) is 1. The van der Waals surface area contributed by atoms with E-state index in [1.807, 2.05) is 54.6 Å². The zero-order chi connectivity index (χ0) is 18.4. The summed E-state index contributed by atoms with van der Waals surface area (Å²) in [5, 5.41) is 11.7. The van der Waals surface area contributed by atoms with E-state index in [9.17, 15) is 9.90 Å². The van der Waals surface area contributed by atoms with Gasteiger partial charge in [0, 0.05) is 6.42 Å². The topological polar surface area (TPSA) is 46.5 Å². The van der Waals surface area contributed by atoms with Crippen LogP contribution in [0.5, 0.6) is 5.75 Å². The van der Waals surface area contributed by atoms with Gasteiger partial charge in [0.25, 0.3) is 0 Å². The Labute approximate surface area is 154 Å². The maximum absolute atomic E-state index is 11.7. The number of rotatable bonds is 8. The van der Waals surface area contributed by atoms with Crippen LogP contribution in [0, 0.1) is 0 Å². The van der Waals surface area contributed by atoms with E-state index in [1.54, 1.807) is 0 Å². The Morgan fingerprint density at radius 2 is 1.65 bits per heavy atom. The lowest BCUT2D eigenvalue weighted by Crippen LogP contribution is -2.29. The number of aryl methyl sites for hydroxylation is 1. The fourth-order valence-electron chi connectivity index (χ4n) is 3.02. The minimum absolute atomic E-state index is 0.343. The largest absolute Gasteiger partial charge is 0.478 e. The first-order chi connectivity index (χ1) is 12.7. The standard InChI is InChI=1S/C23H24O3/c1-2-3-6-17-9-11-18(12-10-17)15-22(23(24)25)26-21-14-13-19-7-4-5-8-20(19)16-21/h4-5,7-14,16,22H,2-3,6,15H2,1H3,(H,24,25). The summed E-state index contributed by atoms with van der Waals surface area (Å²) < 4.78 is 5.78. The van der Waals surface area contributed by atoms with E-state index < -0.39 is 12.1 Å². The van der Waals surface area contributed by atoms with Crippen LogP contribution in [0.2, 0.25) is 0 Å². The average Bonchev–Trinajstić information content (AvgIpc) is 2.66. The molecule has 0 aliphatic heterocycles. The highest BCUT2D eigenvalue weighted by Crippen LogP contribution is 2.22. The number of fused-ring (bicyclic) bond motifs is 1. The summed E-state index contributed by atoms with van der Waals surface area (Å²) in [6.07, 6.45) is 2.84. The number of carbonyl (C=O) groups is 1. The van der Waals surface area contributed by atoms with Crippen LogP contribution >= 0.6 is 0 Å². The van der Waals surface area contributed by atoms with Crippen molar-refractivity contribution in [2.45, 2.75) is 38.7 Å². The summed E-state index contributed by atoms with van der Waals surface area (Å²) in [6.45, 7) is 2.18. The van der Waals surface area contributed by atoms with Crippen molar-refractivity contribution in [3.05, 3.63) is 77.9 Å². The molecule has 0 spiro atoms. The SMILES string of the molecule is CCCCc1ccc(CC(Oc2ccc3ccccc3c2)C(=O)O)cc1. The second-order valence-electron chi connectivity index (χ2n) is 6.58. The Hall–Kier alpha value is -2.81. The molecule has 134 valence electrons. The highest BCUT2D eigenvalue weighted by atomic mass is 16.5. The number of aliphatic carboxylic acids is 1. The van der Waals surface area contributed by atoms with Gasteiger partial charge in [-0.1, -0.05) is 67.9 Å². The number of hydrogen-bond acceptors (Lipinski definition) is 2. The minimum atomic E-state index is -0.951. The monoisotopic (exact) mass is 348 g/mol. The Bertz CT molecular complexity index is 868. The van der Waals surface area contributed by atoms with Crippen molar-refractivity contribution in [1.82, 2.24) is 0 Å². The van der Waals surface area contributed by atoms with Gasteiger partial charge in [0.05, 0.1) is 0 Å². The first kappa shape index (κ1) is 18.0. The van der Waals surface area contributed by atoms with Crippen LogP contribution in [0.25, 0.3) is 10.8 Å². The van der Waals surface area contributed by atoms with Crippen LogP contribution in [-0.4, -0.2) is 17.2 Å². The van der Waals surface area contributed by atoms with Crippen LogP contribution in [-0.2, 0) is 17.6 Å². The molecule has 0 fully saturated rings. The van der Waals surface area contributed by atoms with Crippen LogP contribution in [0.3, 0.4) is 0 Å². The molecule has 3 aromatic carbocycles. The van der Waals surface area contributed by atoms with Crippen LogP contribution in [0.15, 0.2) is 66.7 Å². The Kier molecular flexibility index (Phi) is 5.90. The van der Waals surface area contributed by atoms with Crippen LogP contribution in [0.4, 0.5) is 0 Å². The third-order valence-electron chi connectivity index (χ3n) is 4.54. The van der Waals surface area contributed by atoms with E-state index in [2.05, 4.69) is 19.1 Å². The van der Waals surface area contributed by atoms with E-state index in [1.165, 1.54) is 18.4 Å². The number of unbranched alkanes of at least 4 members (excludes halogenated alkanes) is 1. The molecule has 0 bridgehead atoms. The predicted octanol–water partition coefficient (Wildman–Crippen LogP) is 5.26. The van der Waals surface area contributed by atoms with Gasteiger partial charge >= 0.3 is 5.97 Å². The zero-order valence-corrected chi connectivity index (χ0v) is 15.0. The quantitative estimate of drug-likeness (QED) is 0.604. The van der Waals surface area contributed by atoms with E-state index in [4.69, 9.17) is 4.74 Å². The lowest BCUT2D eigenvalue weighted by molar-refractivity contribution is -0.145. The molecule has 0 saturated carbocycles. The predicted molar refractivity (Wildman–Crippen MR) is 105 cm³/mol. The number of benzene rings is 3. The van der Waals surface area contributed by atoms with Gasteiger partial charge in [0.2, 0.25) is 0 Å². The van der Waals surface area contributed by atoms with Crippen molar-refractivity contribution in [1.29, 1.82) is 0 Å². The Balaban J connectivity index is 1.71. The smallest absolute Gasteiger partial charge is 0.345 e. The summed E-state index contributed by atoms with van der Waals surface area (Å²) in [5.41, 5.74) is 2.26. The molecule has 3 nitrogen and oxygen atoms in total. The molecule has 0 heterocycles. The number of hydrogen-bond donors (Lipinski definition) is 1. The molecule has 0 aliphatic rings. The van der Waals surface area contributed by atoms with E-state index >= 15 is 0 Å². The highest BCUT2D eigenvalue weighted by Gasteiger charge is 2.20. The first-order valence-electron chi connectivity index (χ1n) is 9.12. The van der Waals surface area contributed by atoms with Crippen LogP contribution in [0.1, 0.15) is 30.9 Å². The lowest BCUT2D eigenvalue weighted by atomic mass is 10.0. The maximum Gasteiger partial charge on any atom is 0.345 e. The van der Waals surface area contributed by atoms with Crippen molar-refractivity contribution in [3.8, 4) is 5.75 Å². The molecule has 3 rings (SSSR count). The molecule has 1 N–H and O–H groups in total.